The van der Waals surface area contributed by atoms with Crippen molar-refractivity contribution < 1.29 is 0 Å². The molecule has 3 nitrogen and oxygen atoms in total. The van der Waals surface area contributed by atoms with Crippen molar-refractivity contribution in [3.05, 3.63) is 0 Å². The van der Waals surface area contributed by atoms with Crippen LogP contribution in [0.3, 0.4) is 0 Å². The minimum atomic E-state index is 0.530. The van der Waals surface area contributed by atoms with E-state index in [2.05, 4.69) is 15.5 Å². The Balaban J connectivity index is 1.50. The van der Waals surface area contributed by atoms with Gasteiger partial charge in [0.2, 0.25) is 0 Å². The molecular weight excluding hydrogens is 282 g/mol. The van der Waals surface area contributed by atoms with Crippen LogP contribution in [0.2, 0.25) is 0 Å². The molecule has 0 aromatic heterocycles. The van der Waals surface area contributed by atoms with E-state index in [1.165, 1.54) is 90.4 Å². The Morgan fingerprint density at radius 2 is 1.74 bits per heavy atom. The maximum Gasteiger partial charge on any atom is 0.0179 e. The van der Waals surface area contributed by atoms with Gasteiger partial charge in [-0.25, -0.2) is 0 Å². The summed E-state index contributed by atoms with van der Waals surface area (Å²) in [7, 11) is 0. The number of rotatable bonds is 1. The molecule has 4 aliphatic heterocycles. The molecule has 1 unspecified atom stereocenters. The van der Waals surface area contributed by atoms with E-state index in [0.29, 0.717) is 5.41 Å². The van der Waals surface area contributed by atoms with Crippen molar-refractivity contribution in [2.24, 2.45) is 17.3 Å². The molecule has 1 saturated carbocycles. The average Bonchev–Trinajstić information content (AvgIpc) is 2.63. The molecule has 6 atom stereocenters. The Morgan fingerprint density at radius 3 is 2.65 bits per heavy atom. The summed E-state index contributed by atoms with van der Waals surface area (Å²) in [6, 6.07) is 2.51. The Hall–Kier alpha value is -0.120. The largest absolute Gasteiger partial charge is 0.313 e. The fourth-order valence-electron chi connectivity index (χ4n) is 7.36. The molecule has 4 heterocycles. The van der Waals surface area contributed by atoms with Gasteiger partial charge in [-0.3, -0.25) is 4.90 Å². The predicted octanol–water partition coefficient (Wildman–Crippen LogP) is 2.76. The van der Waals surface area contributed by atoms with E-state index in [-0.39, 0.29) is 0 Å². The van der Waals surface area contributed by atoms with Crippen LogP contribution >= 0.6 is 0 Å². The first kappa shape index (κ1) is 15.2. The fraction of sp³-hybridized carbons (Fsp3) is 1.00. The van der Waals surface area contributed by atoms with Crippen molar-refractivity contribution in [1.82, 2.24) is 15.5 Å². The van der Waals surface area contributed by atoms with E-state index >= 15 is 0 Å². The molecule has 4 saturated heterocycles. The first-order chi connectivity index (χ1) is 11.4. The van der Waals surface area contributed by atoms with Crippen LogP contribution in [0.15, 0.2) is 0 Å². The van der Waals surface area contributed by atoms with Gasteiger partial charge in [-0.2, -0.15) is 0 Å². The third-order valence-corrected chi connectivity index (χ3v) is 8.16. The first-order valence-corrected chi connectivity index (χ1v) is 10.6. The second kappa shape index (κ2) is 6.00. The van der Waals surface area contributed by atoms with Crippen LogP contribution in [0.4, 0.5) is 0 Å². The lowest BCUT2D eigenvalue weighted by atomic mass is 9.52. The molecule has 0 aromatic rings. The summed E-state index contributed by atoms with van der Waals surface area (Å²) >= 11 is 0. The highest BCUT2D eigenvalue weighted by Gasteiger charge is 2.58. The number of piperidine rings is 4. The highest BCUT2D eigenvalue weighted by atomic mass is 15.2. The van der Waals surface area contributed by atoms with Gasteiger partial charge in [-0.05, 0) is 82.8 Å². The summed E-state index contributed by atoms with van der Waals surface area (Å²) in [6.07, 6.45) is 14.6. The zero-order valence-corrected chi connectivity index (χ0v) is 14.7. The molecule has 0 aromatic carbocycles. The van der Waals surface area contributed by atoms with Gasteiger partial charge in [0.05, 0.1) is 0 Å². The summed E-state index contributed by atoms with van der Waals surface area (Å²) in [5, 5.41) is 8.04. The maximum absolute atomic E-state index is 4.04. The summed E-state index contributed by atoms with van der Waals surface area (Å²) in [5.41, 5.74) is 0.530. The van der Waals surface area contributed by atoms with E-state index < -0.39 is 0 Å². The number of fused-ring (bicyclic) bond motifs is 6. The highest BCUT2D eigenvalue weighted by Crippen LogP contribution is 2.55. The molecule has 0 amide bonds. The van der Waals surface area contributed by atoms with Crippen molar-refractivity contribution in [1.29, 1.82) is 0 Å². The maximum atomic E-state index is 4.04. The van der Waals surface area contributed by atoms with Gasteiger partial charge < -0.3 is 10.6 Å². The summed E-state index contributed by atoms with van der Waals surface area (Å²) < 4.78 is 0. The van der Waals surface area contributed by atoms with Crippen molar-refractivity contribution in [3.8, 4) is 0 Å². The number of hydrogen-bond donors (Lipinski definition) is 2. The molecule has 3 heteroatoms. The predicted molar refractivity (Wildman–Crippen MR) is 94.5 cm³/mol. The third kappa shape index (κ3) is 2.41. The first-order valence-electron chi connectivity index (χ1n) is 10.6. The van der Waals surface area contributed by atoms with Crippen LogP contribution in [-0.4, -0.2) is 49.2 Å². The van der Waals surface area contributed by atoms with Gasteiger partial charge >= 0.3 is 0 Å². The van der Waals surface area contributed by atoms with E-state index in [1.807, 2.05) is 0 Å². The molecule has 2 bridgehead atoms. The fourth-order valence-corrected chi connectivity index (χ4v) is 7.36. The van der Waals surface area contributed by atoms with E-state index in [9.17, 15) is 0 Å². The molecule has 0 spiro atoms. The molecule has 1 aliphatic carbocycles. The molecule has 2 N–H and O–H groups in total. The number of nitrogens with one attached hydrogen (secondary N) is 2. The van der Waals surface area contributed by atoms with E-state index in [4.69, 9.17) is 0 Å². The zero-order chi connectivity index (χ0) is 15.3. The quantitative estimate of drug-likeness (QED) is 0.779. The standard InChI is InChI=1S/C20H35N3/c1-3-9-21-18(8-1)20-13-16(12-15-6-5-10-22-19(15)20)17-7-2-4-11-23(17)14-20/h15-19,21-22H,1-14H2/t15-,16-,17+,18+,19+,20?/m0/s1. The lowest BCUT2D eigenvalue weighted by Crippen LogP contribution is -2.72. The molecule has 5 fully saturated rings. The second-order valence-electron chi connectivity index (χ2n) is 9.30. The topological polar surface area (TPSA) is 27.3 Å². The monoisotopic (exact) mass is 317 g/mol. The van der Waals surface area contributed by atoms with E-state index in [1.54, 1.807) is 0 Å². The zero-order valence-electron chi connectivity index (χ0n) is 14.7. The van der Waals surface area contributed by atoms with Crippen LogP contribution < -0.4 is 10.6 Å². The minimum Gasteiger partial charge on any atom is -0.313 e. The Bertz CT molecular complexity index is 431. The van der Waals surface area contributed by atoms with Crippen molar-refractivity contribution in [2.75, 3.05) is 26.2 Å². The van der Waals surface area contributed by atoms with Crippen molar-refractivity contribution in [3.63, 3.8) is 0 Å². The van der Waals surface area contributed by atoms with Crippen molar-refractivity contribution >= 4 is 0 Å². The molecule has 5 aliphatic rings. The molecule has 5 rings (SSSR count). The van der Waals surface area contributed by atoms with Gasteiger partial charge in [0.1, 0.15) is 0 Å². The smallest absolute Gasteiger partial charge is 0.0179 e. The molecule has 0 radical (unpaired) electrons. The van der Waals surface area contributed by atoms with Gasteiger partial charge in [-0.15, -0.1) is 0 Å². The molecular formula is C20H35N3. The van der Waals surface area contributed by atoms with Crippen LogP contribution in [-0.2, 0) is 0 Å². The SMILES string of the molecule is C1CC[C@H](C23C[C@H](C[C@@H]4CCCN[C@H]42)[C@H]2CCCCN2C3)NC1. The van der Waals surface area contributed by atoms with Gasteiger partial charge in [-0.1, -0.05) is 12.8 Å². The Morgan fingerprint density at radius 1 is 0.826 bits per heavy atom. The summed E-state index contributed by atoms with van der Waals surface area (Å²) in [4.78, 5) is 2.94. The van der Waals surface area contributed by atoms with Crippen LogP contribution in [0, 0.1) is 17.3 Å². The lowest BCUT2D eigenvalue weighted by Gasteiger charge is -2.64. The van der Waals surface area contributed by atoms with Gasteiger partial charge in [0.15, 0.2) is 0 Å². The van der Waals surface area contributed by atoms with Crippen LogP contribution in [0.25, 0.3) is 0 Å². The molecule has 23 heavy (non-hydrogen) atoms. The number of nitrogens with zero attached hydrogens (tertiary/aromatic N) is 1. The van der Waals surface area contributed by atoms with Gasteiger partial charge in [0.25, 0.3) is 0 Å². The average molecular weight is 318 g/mol. The van der Waals surface area contributed by atoms with Gasteiger partial charge in [0, 0.05) is 30.1 Å². The third-order valence-electron chi connectivity index (χ3n) is 8.16. The van der Waals surface area contributed by atoms with Crippen molar-refractivity contribution in [2.45, 2.75) is 82.3 Å². The summed E-state index contributed by atoms with van der Waals surface area (Å²) in [6.45, 7) is 5.30. The van der Waals surface area contributed by atoms with E-state index in [0.717, 1.165) is 30.0 Å². The normalized spacial score (nSPS) is 50.9. The minimum absolute atomic E-state index is 0.530. The van der Waals surface area contributed by atoms with Crippen LogP contribution in [0.5, 0.6) is 0 Å². The second-order valence-corrected chi connectivity index (χ2v) is 9.30. The van der Waals surface area contributed by atoms with Crippen LogP contribution in [0.1, 0.15) is 64.2 Å². The lowest BCUT2D eigenvalue weighted by molar-refractivity contribution is -0.117. The Kier molecular flexibility index (Phi) is 3.95. The summed E-state index contributed by atoms with van der Waals surface area (Å²) in [5.74, 6) is 1.96. The molecule has 130 valence electrons. The highest BCUT2D eigenvalue weighted by molar-refractivity contribution is 5.14. The Labute approximate surface area is 142 Å². The number of hydrogen-bond acceptors (Lipinski definition) is 3.